The number of Topliss-reactive ketones (excluding diaryl/α,β-unsaturated/α-hetero) is 2. The quantitative estimate of drug-likeness (QED) is 0.0406. The Morgan fingerprint density at radius 1 is 0.803 bits per heavy atom. The molecule has 2 aliphatic heterocycles. The zero-order valence-corrected chi connectivity index (χ0v) is 45.8. The maximum absolute atomic E-state index is 15.5. The number of nitrogen functional groups attached to an aromatic ring is 1. The van der Waals surface area contributed by atoms with E-state index in [1.807, 2.05) is 13.8 Å². The summed E-state index contributed by atoms with van der Waals surface area (Å²) in [6, 6.07) is 17.6. The van der Waals surface area contributed by atoms with Crippen molar-refractivity contribution in [2.24, 2.45) is 22.7 Å². The van der Waals surface area contributed by atoms with Crippen LogP contribution in [0.2, 0.25) is 0 Å². The van der Waals surface area contributed by atoms with E-state index < -0.39 is 112 Å². The fourth-order valence-corrected chi connectivity index (χ4v) is 11.0. The number of ketones is 2. The number of nitrogens with zero attached hydrogens (tertiary/aromatic N) is 5. The lowest BCUT2D eigenvalue weighted by atomic mass is 9.98. The van der Waals surface area contributed by atoms with Crippen molar-refractivity contribution in [1.82, 2.24) is 29.3 Å². The van der Waals surface area contributed by atoms with Crippen molar-refractivity contribution < 1.29 is 71.0 Å². The number of hydrogen-bond acceptors (Lipinski definition) is 19. The van der Waals surface area contributed by atoms with Crippen LogP contribution in [-0.2, 0) is 32.7 Å². The highest BCUT2D eigenvalue weighted by Crippen LogP contribution is 2.50. The van der Waals surface area contributed by atoms with Gasteiger partial charge in [0.05, 0.1) is 25.3 Å². The molecule has 0 spiro atoms. The SMILES string of the molecule is CC(=O)[C@@H](NP(=O)(OC[C@H]1O[C@@H](n2ccc(N)nc2=O)[C@](C)(F)[C@@H]1O)Oc1ccccc1)C(C)C.CC(C)C=Nc1ccn([C@@H]2O[C@H](CO)[C@@H](O)[C@@]2(C)F)c(=O)n1.CC(C)[C@H](NP(=O)(Cl)Oc1ccccc1)C(=O)CO. The summed E-state index contributed by atoms with van der Waals surface area (Å²) in [5.41, 5.74) is -0.764. The number of rotatable bonds is 21. The maximum Gasteiger partial charge on any atom is 0.459 e. The number of ether oxygens (including phenoxy) is 2. The van der Waals surface area contributed by atoms with Gasteiger partial charge in [0.2, 0.25) is 0 Å². The number of hydrogen-bond donors (Lipinski definition) is 7. The first-order valence-electron chi connectivity index (χ1n) is 23.8. The number of carbonyl (C=O) groups excluding carboxylic acids is 2. The third kappa shape index (κ3) is 17.2. The molecule has 8 N–H and O–H groups in total. The predicted molar refractivity (Wildman–Crippen MR) is 278 cm³/mol. The van der Waals surface area contributed by atoms with Crippen LogP contribution in [0.25, 0.3) is 0 Å². The Labute approximate surface area is 442 Å². The Bertz CT molecular complexity index is 2800. The number of alkyl halides is 2. The predicted octanol–water partition coefficient (Wildman–Crippen LogP) is 5.39. The average Bonchev–Trinajstić information content (AvgIpc) is 3.72. The zero-order valence-electron chi connectivity index (χ0n) is 43.3. The minimum absolute atomic E-state index is 0.0551. The molecule has 0 saturated carbocycles. The molecular formula is C48H67ClF2N8O15P2. The second kappa shape index (κ2) is 27.4. The van der Waals surface area contributed by atoms with Crippen LogP contribution in [0.1, 0.15) is 74.8 Å². The summed E-state index contributed by atoms with van der Waals surface area (Å²) in [6.45, 7) is 8.95. The summed E-state index contributed by atoms with van der Waals surface area (Å²) in [7, 11) is -4.22. The van der Waals surface area contributed by atoms with Crippen LogP contribution in [0.3, 0.4) is 0 Å². The standard InChI is InChI=1S/C22H30FN4O7P.C14H20FN3O4.C12H17ClNO4P/c1-13(2)18(14(3)28)26-35(31,34-15-8-6-5-7-9-15)32-12-16-19(29)22(4,23)20(33-16)27-11-10-17(24)25-21(27)30;1-8(2)6-16-10-4-5-18(13(21)17-10)12-14(3,15)11(20)9(7-19)22-12;1-9(2)12(11(16)8-15)14-19(13,17)18-10-6-4-3-5-7-10/h5-11,13,16,18-20,29H,12H2,1-4H3,(H,26,31)(H2,24,25,30);4-6,8-9,11-12,19-20H,7H2,1-3H3;3-7,9,12,15H,8H2,1-2H3,(H,14,17)/t16-,18+,19-,20-,22-,35?;9-,11-,12-,14-;12-,19?/m110/s1. The molecule has 0 aliphatic carbocycles. The van der Waals surface area contributed by atoms with Crippen molar-refractivity contribution in [3.8, 4) is 11.5 Å². The summed E-state index contributed by atoms with van der Waals surface area (Å²) in [5.74, 6) is -0.282. The molecule has 2 saturated heterocycles. The Balaban J connectivity index is 0.000000263. The molecule has 0 radical (unpaired) electrons. The molecule has 2 aliphatic rings. The Morgan fingerprint density at radius 2 is 1.29 bits per heavy atom. The number of halogens is 3. The van der Waals surface area contributed by atoms with Crippen LogP contribution in [0, 0.1) is 17.8 Å². The normalized spacial score (nSPS) is 25.7. The average molecular weight is 1130 g/mol. The first kappa shape index (κ1) is 63.4. The highest BCUT2D eigenvalue weighted by atomic mass is 35.7. The minimum Gasteiger partial charge on any atom is -0.422 e. The van der Waals surface area contributed by atoms with Crippen LogP contribution in [-0.4, -0.2) is 125 Å². The van der Waals surface area contributed by atoms with E-state index in [1.54, 1.807) is 94.6 Å². The van der Waals surface area contributed by atoms with Gasteiger partial charge in [-0.2, -0.15) is 9.97 Å². The van der Waals surface area contributed by atoms with Crippen LogP contribution >= 0.6 is 25.9 Å². The summed E-state index contributed by atoms with van der Waals surface area (Å²) in [6.07, 6.45) is -4.45. The van der Waals surface area contributed by atoms with Gasteiger partial charge in [-0.1, -0.05) is 77.9 Å². The van der Waals surface area contributed by atoms with E-state index in [0.29, 0.717) is 5.75 Å². The molecule has 76 heavy (non-hydrogen) atoms. The van der Waals surface area contributed by atoms with Crippen LogP contribution < -0.4 is 36.3 Å². The molecule has 2 aromatic carbocycles. The summed E-state index contributed by atoms with van der Waals surface area (Å²) < 4.78 is 84.8. The fraction of sp³-hybridized carbons (Fsp3) is 0.521. The number of para-hydroxylation sites is 2. The number of carbonyl (C=O) groups is 2. The topological polar surface area (TPSA) is 328 Å². The van der Waals surface area contributed by atoms with Crippen molar-refractivity contribution in [2.75, 3.05) is 25.6 Å². The van der Waals surface area contributed by atoms with Crippen molar-refractivity contribution in [3.63, 3.8) is 0 Å². The highest BCUT2D eigenvalue weighted by molar-refractivity contribution is 7.84. The molecule has 28 heteroatoms. The molecule has 12 atom stereocenters. The molecule has 0 amide bonds. The van der Waals surface area contributed by atoms with Gasteiger partial charge in [-0.25, -0.2) is 42.7 Å². The van der Waals surface area contributed by atoms with Gasteiger partial charge in [-0.05, 0) is 74.9 Å². The van der Waals surface area contributed by atoms with E-state index in [1.165, 1.54) is 31.5 Å². The molecule has 420 valence electrons. The fourth-order valence-electron chi connectivity index (χ4n) is 7.46. The van der Waals surface area contributed by atoms with E-state index in [4.69, 9.17) is 50.2 Å². The Morgan fingerprint density at radius 3 is 1.74 bits per heavy atom. The monoisotopic (exact) mass is 1130 g/mol. The van der Waals surface area contributed by atoms with Gasteiger partial charge in [0, 0.05) is 29.8 Å². The van der Waals surface area contributed by atoms with E-state index in [0.717, 1.165) is 23.0 Å². The third-order valence-electron chi connectivity index (χ3n) is 11.5. The first-order chi connectivity index (χ1) is 35.5. The van der Waals surface area contributed by atoms with Crippen LogP contribution in [0.5, 0.6) is 11.5 Å². The number of nitrogens with two attached hydrogens (primary N) is 1. The van der Waals surface area contributed by atoms with Gasteiger partial charge in [-0.3, -0.25) is 23.2 Å². The van der Waals surface area contributed by atoms with E-state index in [9.17, 15) is 42.9 Å². The number of aliphatic hydroxyl groups is 4. The molecule has 0 bridgehead atoms. The first-order valence-corrected chi connectivity index (χ1v) is 27.9. The van der Waals surface area contributed by atoms with E-state index >= 15 is 4.39 Å². The lowest BCUT2D eigenvalue weighted by molar-refractivity contribution is -0.124. The third-order valence-corrected chi connectivity index (χ3v) is 14.6. The second-order valence-electron chi connectivity index (χ2n) is 19.0. The molecule has 2 aromatic heterocycles. The van der Waals surface area contributed by atoms with Gasteiger partial charge in [0.15, 0.2) is 35.4 Å². The van der Waals surface area contributed by atoms with Crippen LogP contribution in [0.15, 0.2) is 99.8 Å². The molecule has 4 heterocycles. The number of benzene rings is 2. The van der Waals surface area contributed by atoms with E-state index in [2.05, 4.69) is 25.1 Å². The lowest BCUT2D eigenvalue weighted by Gasteiger charge is -2.27. The molecule has 4 aromatic rings. The van der Waals surface area contributed by atoms with Crippen molar-refractivity contribution in [2.45, 2.75) is 123 Å². The zero-order chi connectivity index (χ0) is 56.9. The number of aliphatic imine (C=N–C) groups is 1. The van der Waals surface area contributed by atoms with Gasteiger partial charge in [0.1, 0.15) is 54.1 Å². The van der Waals surface area contributed by atoms with Gasteiger partial charge in [0.25, 0.3) is 0 Å². The maximum atomic E-state index is 15.5. The highest BCUT2D eigenvalue weighted by Gasteiger charge is 2.57. The van der Waals surface area contributed by atoms with Gasteiger partial charge >= 0.3 is 26.0 Å². The number of anilines is 1. The summed E-state index contributed by atoms with van der Waals surface area (Å²) >= 11 is 5.80. The Kier molecular flexibility index (Phi) is 22.9. The lowest BCUT2D eigenvalue weighted by Crippen LogP contribution is -2.43. The van der Waals surface area contributed by atoms with Crippen molar-refractivity contribution >= 4 is 55.3 Å². The molecule has 2 fully saturated rings. The van der Waals surface area contributed by atoms with Crippen LogP contribution in [0.4, 0.5) is 20.4 Å². The van der Waals surface area contributed by atoms with Gasteiger partial charge < -0.3 is 44.7 Å². The number of aliphatic hydroxyl groups excluding tert-OH is 4. The largest absolute Gasteiger partial charge is 0.459 e. The smallest absolute Gasteiger partial charge is 0.422 e. The van der Waals surface area contributed by atoms with E-state index in [-0.39, 0.29) is 40.9 Å². The molecule has 2 unspecified atom stereocenters. The Hall–Kier alpha value is -5.14. The molecule has 6 rings (SSSR count). The molecule has 23 nitrogen and oxygen atoms in total. The minimum atomic E-state index is -4.22. The second-order valence-corrected chi connectivity index (χ2v) is 23.4. The van der Waals surface area contributed by atoms with Crippen molar-refractivity contribution in [3.05, 3.63) is 106 Å². The number of nitrogens with one attached hydrogen (secondary N) is 2. The van der Waals surface area contributed by atoms with Crippen molar-refractivity contribution in [1.29, 1.82) is 0 Å². The molecular weight excluding hydrogens is 1060 g/mol. The van der Waals surface area contributed by atoms with Gasteiger partial charge in [-0.15, -0.1) is 0 Å². The summed E-state index contributed by atoms with van der Waals surface area (Å²) in [4.78, 5) is 59.2. The number of aromatic nitrogens is 4. The summed E-state index contributed by atoms with van der Waals surface area (Å²) in [5, 5.41) is 43.5.